The average molecular weight is 416 g/mol. The summed E-state index contributed by atoms with van der Waals surface area (Å²) in [6.07, 6.45) is -4.76. The van der Waals surface area contributed by atoms with E-state index in [4.69, 9.17) is 0 Å². The lowest BCUT2D eigenvalue weighted by atomic mass is 9.87. The van der Waals surface area contributed by atoms with E-state index in [1.54, 1.807) is 19.2 Å². The first-order chi connectivity index (χ1) is 14.0. The van der Waals surface area contributed by atoms with E-state index >= 15 is 0 Å². The van der Waals surface area contributed by atoms with Gasteiger partial charge in [-0.2, -0.15) is 4.98 Å². The largest absolute Gasteiger partial charge is 0.573 e. The molecule has 0 aliphatic carbocycles. The molecule has 3 aromatic rings. The smallest absolute Gasteiger partial charge is 0.406 e. The second-order valence-electron chi connectivity index (χ2n) is 7.74. The number of halogens is 3. The summed E-state index contributed by atoms with van der Waals surface area (Å²) >= 11 is 0. The van der Waals surface area contributed by atoms with Gasteiger partial charge in [0.25, 0.3) is 0 Å². The summed E-state index contributed by atoms with van der Waals surface area (Å²) in [6.45, 7) is 6.42. The minimum Gasteiger partial charge on any atom is -0.406 e. The molecule has 2 N–H and O–H groups in total. The van der Waals surface area contributed by atoms with Crippen LogP contribution in [0.25, 0.3) is 11.3 Å². The van der Waals surface area contributed by atoms with Crippen LogP contribution in [0.3, 0.4) is 0 Å². The van der Waals surface area contributed by atoms with Crippen LogP contribution >= 0.6 is 0 Å². The van der Waals surface area contributed by atoms with E-state index in [1.165, 1.54) is 23.8 Å². The highest BCUT2D eigenvalue weighted by atomic mass is 19.4. The van der Waals surface area contributed by atoms with Crippen LogP contribution in [0.5, 0.6) is 5.75 Å². The number of benzene rings is 2. The summed E-state index contributed by atoms with van der Waals surface area (Å²) in [6, 6.07) is 15.3. The van der Waals surface area contributed by atoms with E-state index in [2.05, 4.69) is 46.1 Å². The van der Waals surface area contributed by atoms with Crippen molar-refractivity contribution in [1.82, 2.24) is 9.97 Å². The molecular weight excluding hydrogens is 393 g/mol. The monoisotopic (exact) mass is 416 g/mol. The Balaban J connectivity index is 1.90. The van der Waals surface area contributed by atoms with Crippen molar-refractivity contribution in [3.05, 3.63) is 60.2 Å². The molecule has 5 nitrogen and oxygen atoms in total. The van der Waals surface area contributed by atoms with Crippen LogP contribution in [-0.2, 0) is 5.41 Å². The Labute approximate surface area is 173 Å². The lowest BCUT2D eigenvalue weighted by molar-refractivity contribution is -0.274. The standard InChI is InChI=1S/C22H23F3N4O/c1-21(2,3)15-8-10-16(11-9-15)27-19-13-18(28-20(26-4)29-19)14-6-5-7-17(12-14)30-22(23,24)25/h5-13H,1-4H3,(H2,26,27,28,29). The van der Waals surface area contributed by atoms with Gasteiger partial charge in [0.05, 0.1) is 5.69 Å². The van der Waals surface area contributed by atoms with Gasteiger partial charge in [0, 0.05) is 24.4 Å². The van der Waals surface area contributed by atoms with Crippen molar-refractivity contribution in [2.75, 3.05) is 17.7 Å². The molecule has 0 atom stereocenters. The molecule has 0 aliphatic rings. The van der Waals surface area contributed by atoms with Crippen LogP contribution in [0.1, 0.15) is 26.3 Å². The zero-order valence-electron chi connectivity index (χ0n) is 17.1. The minimum atomic E-state index is -4.76. The quantitative estimate of drug-likeness (QED) is 0.524. The molecule has 0 amide bonds. The van der Waals surface area contributed by atoms with Gasteiger partial charge in [0.2, 0.25) is 5.95 Å². The molecular formula is C22H23F3N4O. The van der Waals surface area contributed by atoms with Gasteiger partial charge in [-0.25, -0.2) is 4.98 Å². The number of alkyl halides is 3. The summed E-state index contributed by atoms with van der Waals surface area (Å²) in [5.41, 5.74) is 3.01. The molecule has 0 saturated carbocycles. The van der Waals surface area contributed by atoms with Crippen molar-refractivity contribution < 1.29 is 17.9 Å². The van der Waals surface area contributed by atoms with E-state index < -0.39 is 6.36 Å². The molecule has 30 heavy (non-hydrogen) atoms. The lowest BCUT2D eigenvalue weighted by Crippen LogP contribution is -2.17. The molecule has 8 heteroatoms. The molecule has 0 spiro atoms. The zero-order valence-corrected chi connectivity index (χ0v) is 17.1. The summed E-state index contributed by atoms with van der Waals surface area (Å²) < 4.78 is 41.6. The topological polar surface area (TPSA) is 59.1 Å². The van der Waals surface area contributed by atoms with Crippen molar-refractivity contribution in [2.45, 2.75) is 32.5 Å². The molecule has 0 fully saturated rings. The van der Waals surface area contributed by atoms with Gasteiger partial charge >= 0.3 is 6.36 Å². The molecule has 3 rings (SSSR count). The third-order valence-electron chi connectivity index (χ3n) is 4.34. The number of rotatable bonds is 5. The van der Waals surface area contributed by atoms with E-state index in [1.807, 2.05) is 24.3 Å². The fourth-order valence-electron chi connectivity index (χ4n) is 2.82. The first kappa shape index (κ1) is 21.4. The SMILES string of the molecule is CNc1nc(Nc2ccc(C(C)(C)C)cc2)cc(-c2cccc(OC(F)(F)F)c2)n1. The highest BCUT2D eigenvalue weighted by Gasteiger charge is 2.31. The molecule has 0 aliphatic heterocycles. The van der Waals surface area contributed by atoms with Gasteiger partial charge in [-0.1, -0.05) is 45.0 Å². The fourth-order valence-corrected chi connectivity index (χ4v) is 2.82. The molecule has 2 aromatic carbocycles. The van der Waals surface area contributed by atoms with E-state index in [-0.39, 0.29) is 11.2 Å². The average Bonchev–Trinajstić information content (AvgIpc) is 2.66. The number of hydrogen-bond acceptors (Lipinski definition) is 5. The normalized spacial score (nSPS) is 11.8. The Morgan fingerprint density at radius 3 is 2.20 bits per heavy atom. The van der Waals surface area contributed by atoms with Gasteiger partial charge in [-0.3, -0.25) is 0 Å². The summed E-state index contributed by atoms with van der Waals surface area (Å²) in [5.74, 6) is 0.537. The maximum absolute atomic E-state index is 12.5. The first-order valence-corrected chi connectivity index (χ1v) is 9.34. The van der Waals surface area contributed by atoms with Gasteiger partial charge in [-0.05, 0) is 35.2 Å². The zero-order chi connectivity index (χ0) is 21.9. The predicted octanol–water partition coefficient (Wildman–Crippen LogP) is 6.13. The highest BCUT2D eigenvalue weighted by Crippen LogP contribution is 2.30. The Bertz CT molecular complexity index is 1010. The second-order valence-corrected chi connectivity index (χ2v) is 7.74. The van der Waals surface area contributed by atoms with Gasteiger partial charge in [0.15, 0.2) is 0 Å². The number of aromatic nitrogens is 2. The van der Waals surface area contributed by atoms with Crippen LogP contribution in [0, 0.1) is 0 Å². The number of hydrogen-bond donors (Lipinski definition) is 2. The first-order valence-electron chi connectivity index (χ1n) is 9.34. The van der Waals surface area contributed by atoms with Crippen LogP contribution in [-0.4, -0.2) is 23.4 Å². The van der Waals surface area contributed by atoms with E-state index in [9.17, 15) is 13.2 Å². The fraction of sp³-hybridized carbons (Fsp3) is 0.273. The van der Waals surface area contributed by atoms with Crippen molar-refractivity contribution in [3.8, 4) is 17.0 Å². The second kappa shape index (κ2) is 8.22. The van der Waals surface area contributed by atoms with Crippen molar-refractivity contribution in [3.63, 3.8) is 0 Å². The molecule has 0 radical (unpaired) electrons. The third-order valence-corrected chi connectivity index (χ3v) is 4.34. The van der Waals surface area contributed by atoms with Gasteiger partial charge in [0.1, 0.15) is 11.6 Å². The molecule has 158 valence electrons. The minimum absolute atomic E-state index is 0.0451. The molecule has 1 heterocycles. The summed E-state index contributed by atoms with van der Waals surface area (Å²) in [5, 5.41) is 6.09. The Morgan fingerprint density at radius 2 is 1.60 bits per heavy atom. The molecule has 0 bridgehead atoms. The van der Waals surface area contributed by atoms with Crippen LogP contribution < -0.4 is 15.4 Å². The van der Waals surface area contributed by atoms with Crippen LogP contribution in [0.15, 0.2) is 54.6 Å². The maximum Gasteiger partial charge on any atom is 0.573 e. The van der Waals surface area contributed by atoms with Gasteiger partial charge in [-0.15, -0.1) is 13.2 Å². The Morgan fingerprint density at radius 1 is 0.900 bits per heavy atom. The van der Waals surface area contributed by atoms with Crippen molar-refractivity contribution >= 4 is 17.5 Å². The van der Waals surface area contributed by atoms with Crippen molar-refractivity contribution in [2.24, 2.45) is 0 Å². The molecule has 1 aromatic heterocycles. The number of nitrogens with zero attached hydrogens (tertiary/aromatic N) is 2. The Kier molecular flexibility index (Phi) is 5.87. The van der Waals surface area contributed by atoms with E-state index in [0.717, 1.165) is 5.69 Å². The number of ether oxygens (including phenoxy) is 1. The Hall–Kier alpha value is -3.29. The molecule has 0 unspecified atom stereocenters. The number of nitrogens with one attached hydrogen (secondary N) is 2. The number of anilines is 3. The summed E-state index contributed by atoms with van der Waals surface area (Å²) in [4.78, 5) is 8.73. The summed E-state index contributed by atoms with van der Waals surface area (Å²) in [7, 11) is 1.67. The van der Waals surface area contributed by atoms with Crippen LogP contribution in [0.4, 0.5) is 30.6 Å². The van der Waals surface area contributed by atoms with E-state index in [0.29, 0.717) is 23.0 Å². The van der Waals surface area contributed by atoms with Crippen LogP contribution in [0.2, 0.25) is 0 Å². The maximum atomic E-state index is 12.5. The lowest BCUT2D eigenvalue weighted by Gasteiger charge is -2.19. The van der Waals surface area contributed by atoms with Crippen molar-refractivity contribution in [1.29, 1.82) is 0 Å². The third kappa shape index (κ3) is 5.62. The van der Waals surface area contributed by atoms with Gasteiger partial charge < -0.3 is 15.4 Å². The predicted molar refractivity (Wildman–Crippen MR) is 112 cm³/mol. The highest BCUT2D eigenvalue weighted by molar-refractivity contribution is 5.68. The molecule has 0 saturated heterocycles.